The first kappa shape index (κ1) is 13.3. The van der Waals surface area contributed by atoms with Crippen molar-refractivity contribution in [2.24, 2.45) is 0 Å². The second kappa shape index (κ2) is 5.52. The fraction of sp³-hybridized carbons (Fsp3) is 0.500. The van der Waals surface area contributed by atoms with Gasteiger partial charge in [-0.2, -0.15) is 0 Å². The van der Waals surface area contributed by atoms with E-state index < -0.39 is 11.9 Å². The number of carbonyl (C=O) groups is 2. The number of ether oxygens (including phenoxy) is 1. The van der Waals surface area contributed by atoms with Gasteiger partial charge in [-0.1, -0.05) is 0 Å². The summed E-state index contributed by atoms with van der Waals surface area (Å²) in [5.41, 5.74) is 0.861. The molecule has 0 spiro atoms. The van der Waals surface area contributed by atoms with Gasteiger partial charge in [0.25, 0.3) is 0 Å². The summed E-state index contributed by atoms with van der Waals surface area (Å²) < 4.78 is 9.96. The number of hydrogen-bond acceptors (Lipinski definition) is 4. The summed E-state index contributed by atoms with van der Waals surface area (Å²) in [6, 6.07) is 1.55. The summed E-state index contributed by atoms with van der Waals surface area (Å²) in [5.74, 6) is -0.0938. The van der Waals surface area contributed by atoms with Crippen molar-refractivity contribution in [2.45, 2.75) is 33.7 Å². The maximum atomic E-state index is 11.4. The van der Waals surface area contributed by atoms with Gasteiger partial charge in [-0.15, -0.1) is 0 Å². The van der Waals surface area contributed by atoms with Gasteiger partial charge in [0.1, 0.15) is 11.5 Å². The van der Waals surface area contributed by atoms with Gasteiger partial charge in [0.2, 0.25) is 0 Å². The van der Waals surface area contributed by atoms with Crippen LogP contribution in [-0.2, 0) is 14.3 Å². The molecule has 0 aromatic carbocycles. The minimum Gasteiger partial charge on any atom is -0.466 e. The second-order valence-electron chi connectivity index (χ2n) is 3.78. The molecule has 1 heterocycles. The van der Waals surface area contributed by atoms with E-state index in [1.807, 2.05) is 19.9 Å². The van der Waals surface area contributed by atoms with Crippen LogP contribution in [0.2, 0.25) is 0 Å². The molecule has 0 aliphatic heterocycles. The standard InChI is InChI=1S/C12H17NO4/c1-5-16-12(15)11(14)13-8(3)10-6-7(2)17-9(10)4/h6,8H,5H2,1-4H3,(H,13,14). The van der Waals surface area contributed by atoms with Gasteiger partial charge in [0, 0.05) is 5.56 Å². The lowest BCUT2D eigenvalue weighted by Gasteiger charge is -2.12. The van der Waals surface area contributed by atoms with Crippen LogP contribution in [0.1, 0.15) is 37.0 Å². The third-order valence-electron chi connectivity index (χ3n) is 2.35. The van der Waals surface area contributed by atoms with E-state index in [0.29, 0.717) is 0 Å². The number of esters is 1. The van der Waals surface area contributed by atoms with Crippen LogP contribution >= 0.6 is 0 Å². The highest BCUT2D eigenvalue weighted by Gasteiger charge is 2.20. The van der Waals surface area contributed by atoms with Crippen LogP contribution in [0.3, 0.4) is 0 Å². The van der Waals surface area contributed by atoms with Crippen LogP contribution in [0.4, 0.5) is 0 Å². The van der Waals surface area contributed by atoms with Gasteiger partial charge >= 0.3 is 11.9 Å². The molecule has 0 radical (unpaired) electrons. The van der Waals surface area contributed by atoms with Gasteiger partial charge in [0.05, 0.1) is 12.6 Å². The van der Waals surface area contributed by atoms with Gasteiger partial charge in [-0.05, 0) is 33.8 Å². The van der Waals surface area contributed by atoms with Crippen LogP contribution in [0.15, 0.2) is 10.5 Å². The number of hydrogen-bond donors (Lipinski definition) is 1. The molecule has 0 bridgehead atoms. The summed E-state index contributed by atoms with van der Waals surface area (Å²) in [4.78, 5) is 22.6. The first-order chi connectivity index (χ1) is 7.95. The van der Waals surface area contributed by atoms with Crippen molar-refractivity contribution in [3.05, 3.63) is 23.2 Å². The van der Waals surface area contributed by atoms with Gasteiger partial charge in [-0.25, -0.2) is 4.79 Å². The quantitative estimate of drug-likeness (QED) is 0.643. The Morgan fingerprint density at radius 1 is 1.47 bits per heavy atom. The maximum Gasteiger partial charge on any atom is 0.396 e. The summed E-state index contributed by atoms with van der Waals surface area (Å²) >= 11 is 0. The van der Waals surface area contributed by atoms with Crippen molar-refractivity contribution in [2.75, 3.05) is 6.61 Å². The van der Waals surface area contributed by atoms with Crippen molar-refractivity contribution in [1.29, 1.82) is 0 Å². The zero-order valence-corrected chi connectivity index (χ0v) is 10.5. The van der Waals surface area contributed by atoms with Gasteiger partial charge in [0.15, 0.2) is 0 Å². The molecule has 94 valence electrons. The molecule has 5 heteroatoms. The normalized spacial score (nSPS) is 12.0. The lowest BCUT2D eigenvalue weighted by molar-refractivity contribution is -0.154. The number of amides is 1. The molecule has 5 nitrogen and oxygen atoms in total. The summed E-state index contributed by atoms with van der Waals surface area (Å²) in [6.45, 7) is 7.27. The number of carbonyl (C=O) groups excluding carboxylic acids is 2. The zero-order valence-electron chi connectivity index (χ0n) is 10.5. The number of nitrogens with one attached hydrogen (secondary N) is 1. The average Bonchev–Trinajstić information content (AvgIpc) is 2.58. The minimum absolute atomic E-state index is 0.185. The Morgan fingerprint density at radius 2 is 2.12 bits per heavy atom. The fourth-order valence-corrected chi connectivity index (χ4v) is 1.61. The SMILES string of the molecule is CCOC(=O)C(=O)NC(C)c1cc(C)oc1C. The molecule has 0 saturated carbocycles. The first-order valence-electron chi connectivity index (χ1n) is 5.50. The van der Waals surface area contributed by atoms with Crippen LogP contribution in [-0.4, -0.2) is 18.5 Å². The smallest absolute Gasteiger partial charge is 0.396 e. The summed E-state index contributed by atoms with van der Waals surface area (Å²) in [6.07, 6.45) is 0. The molecule has 1 aromatic heterocycles. The lowest BCUT2D eigenvalue weighted by Crippen LogP contribution is -2.34. The molecule has 1 aromatic rings. The molecule has 1 amide bonds. The summed E-state index contributed by atoms with van der Waals surface area (Å²) in [7, 11) is 0. The van der Waals surface area contributed by atoms with Crippen LogP contribution in [0.25, 0.3) is 0 Å². The third kappa shape index (κ3) is 3.34. The Balaban J connectivity index is 2.66. The molecule has 0 aliphatic rings. The zero-order chi connectivity index (χ0) is 13.0. The number of furan rings is 1. The Kier molecular flexibility index (Phi) is 4.31. The Bertz CT molecular complexity index is 422. The topological polar surface area (TPSA) is 68.5 Å². The van der Waals surface area contributed by atoms with Gasteiger partial charge in [-0.3, -0.25) is 4.79 Å². The number of rotatable bonds is 3. The average molecular weight is 239 g/mol. The molecule has 17 heavy (non-hydrogen) atoms. The van der Waals surface area contributed by atoms with E-state index in [9.17, 15) is 9.59 Å². The van der Waals surface area contributed by atoms with E-state index >= 15 is 0 Å². The highest BCUT2D eigenvalue weighted by atomic mass is 16.5. The molecule has 0 saturated heterocycles. The first-order valence-corrected chi connectivity index (χ1v) is 5.50. The summed E-state index contributed by atoms with van der Waals surface area (Å²) in [5, 5.41) is 2.56. The molecule has 0 aliphatic carbocycles. The van der Waals surface area contributed by atoms with Crippen LogP contribution in [0, 0.1) is 13.8 Å². The van der Waals surface area contributed by atoms with Crippen molar-refractivity contribution < 1.29 is 18.7 Å². The van der Waals surface area contributed by atoms with Gasteiger partial charge < -0.3 is 14.5 Å². The van der Waals surface area contributed by atoms with E-state index in [1.165, 1.54) is 0 Å². The molecular weight excluding hydrogens is 222 g/mol. The molecular formula is C12H17NO4. The van der Waals surface area contributed by atoms with E-state index in [0.717, 1.165) is 17.1 Å². The predicted octanol–water partition coefficient (Wildman–Crippen LogP) is 1.64. The van der Waals surface area contributed by atoms with E-state index in [2.05, 4.69) is 10.1 Å². The molecule has 1 atom stereocenters. The Morgan fingerprint density at radius 3 is 2.59 bits per heavy atom. The minimum atomic E-state index is -0.864. The highest BCUT2D eigenvalue weighted by Crippen LogP contribution is 2.20. The van der Waals surface area contributed by atoms with Crippen molar-refractivity contribution in [3.8, 4) is 0 Å². The van der Waals surface area contributed by atoms with Crippen LogP contribution < -0.4 is 5.32 Å². The highest BCUT2D eigenvalue weighted by molar-refractivity contribution is 6.32. The van der Waals surface area contributed by atoms with E-state index in [-0.39, 0.29) is 12.6 Å². The maximum absolute atomic E-state index is 11.4. The molecule has 1 N–H and O–H groups in total. The second-order valence-corrected chi connectivity index (χ2v) is 3.78. The predicted molar refractivity (Wildman–Crippen MR) is 61.4 cm³/mol. The van der Waals surface area contributed by atoms with Crippen LogP contribution in [0.5, 0.6) is 0 Å². The third-order valence-corrected chi connectivity index (χ3v) is 2.35. The van der Waals surface area contributed by atoms with E-state index in [1.54, 1.807) is 13.8 Å². The fourth-order valence-electron chi connectivity index (χ4n) is 1.61. The van der Waals surface area contributed by atoms with Crippen molar-refractivity contribution in [3.63, 3.8) is 0 Å². The molecule has 1 unspecified atom stereocenters. The Hall–Kier alpha value is -1.78. The van der Waals surface area contributed by atoms with E-state index in [4.69, 9.17) is 4.42 Å². The lowest BCUT2D eigenvalue weighted by atomic mass is 10.1. The van der Waals surface area contributed by atoms with Crippen molar-refractivity contribution in [1.82, 2.24) is 5.32 Å². The monoisotopic (exact) mass is 239 g/mol. The molecule has 1 rings (SSSR count). The largest absolute Gasteiger partial charge is 0.466 e. The van der Waals surface area contributed by atoms with Crippen molar-refractivity contribution >= 4 is 11.9 Å². The molecule has 0 fully saturated rings. The Labute approximate surface area is 100 Å². The number of aryl methyl sites for hydroxylation is 2.